The average molecular weight is 398 g/mol. The van der Waals surface area contributed by atoms with Gasteiger partial charge < -0.3 is 24.0 Å². The first-order valence-electron chi connectivity index (χ1n) is 9.50. The van der Waals surface area contributed by atoms with Crippen molar-refractivity contribution in [2.75, 3.05) is 13.2 Å². The first-order valence-corrected chi connectivity index (χ1v) is 9.50. The summed E-state index contributed by atoms with van der Waals surface area (Å²) in [4.78, 5) is 39.9. The molecule has 152 valence electrons. The summed E-state index contributed by atoms with van der Waals surface area (Å²) in [6.45, 7) is 4.53. The minimum absolute atomic E-state index is 0.0334. The van der Waals surface area contributed by atoms with Crippen molar-refractivity contribution in [2.24, 2.45) is 0 Å². The van der Waals surface area contributed by atoms with Gasteiger partial charge in [-0.1, -0.05) is 30.3 Å². The molecule has 0 radical (unpaired) electrons. The van der Waals surface area contributed by atoms with Gasteiger partial charge in [-0.15, -0.1) is 0 Å². The Balaban J connectivity index is 1.91. The van der Waals surface area contributed by atoms with Crippen LogP contribution in [0.25, 0.3) is 0 Å². The molecule has 29 heavy (non-hydrogen) atoms. The molecule has 0 bridgehead atoms. The Morgan fingerprint density at radius 2 is 2.00 bits per heavy atom. The average Bonchev–Trinajstić information content (AvgIpc) is 2.69. The molecule has 0 spiro atoms. The Morgan fingerprint density at radius 1 is 1.28 bits per heavy atom. The molecule has 3 heterocycles. The molecule has 1 amide bonds. The van der Waals surface area contributed by atoms with E-state index in [-0.39, 0.29) is 48.3 Å². The molecule has 0 fully saturated rings. The summed E-state index contributed by atoms with van der Waals surface area (Å²) in [6.07, 6.45) is 0. The van der Waals surface area contributed by atoms with Gasteiger partial charge in [-0.3, -0.25) is 9.59 Å². The van der Waals surface area contributed by atoms with E-state index in [1.54, 1.807) is 9.47 Å². The lowest BCUT2D eigenvalue weighted by Crippen LogP contribution is -2.51. The Morgan fingerprint density at radius 3 is 2.66 bits per heavy atom. The molecule has 8 nitrogen and oxygen atoms in total. The fraction of sp³-hybridized carbons (Fsp3) is 0.381. The Bertz CT molecular complexity index is 1030. The molecule has 0 saturated heterocycles. The lowest BCUT2D eigenvalue weighted by molar-refractivity contribution is 0.0182. The van der Waals surface area contributed by atoms with Crippen LogP contribution in [0.4, 0.5) is 0 Å². The number of rotatable bonds is 5. The van der Waals surface area contributed by atoms with Crippen LogP contribution in [0, 0.1) is 0 Å². The molecule has 1 N–H and O–H groups in total. The first-order chi connectivity index (χ1) is 13.9. The van der Waals surface area contributed by atoms with E-state index in [4.69, 9.17) is 9.47 Å². The van der Waals surface area contributed by atoms with Crippen molar-refractivity contribution in [3.63, 3.8) is 0 Å². The number of benzene rings is 1. The van der Waals surface area contributed by atoms with E-state index < -0.39 is 17.0 Å². The minimum Gasteiger partial charge on any atom is -0.483 e. The SMILES string of the molecule is CC(C)N1CC2COCc3c(C(=O)O)c(=O)c(OCc4ccccc4)c(n32)C1=O. The van der Waals surface area contributed by atoms with Gasteiger partial charge in [-0.05, 0) is 19.4 Å². The molecule has 1 atom stereocenters. The normalized spacial score (nSPS) is 18.0. The van der Waals surface area contributed by atoms with Gasteiger partial charge in [0.2, 0.25) is 5.43 Å². The lowest BCUT2D eigenvalue weighted by Gasteiger charge is -2.42. The summed E-state index contributed by atoms with van der Waals surface area (Å²) in [5, 5.41) is 9.69. The van der Waals surface area contributed by atoms with Gasteiger partial charge >= 0.3 is 5.97 Å². The number of aromatic nitrogens is 1. The van der Waals surface area contributed by atoms with Crippen molar-refractivity contribution < 1.29 is 24.2 Å². The van der Waals surface area contributed by atoms with E-state index in [0.29, 0.717) is 13.2 Å². The Labute approximate surface area is 167 Å². The third-order valence-corrected chi connectivity index (χ3v) is 5.32. The maximum absolute atomic E-state index is 13.3. The highest BCUT2D eigenvalue weighted by atomic mass is 16.5. The first kappa shape index (κ1) is 19.2. The summed E-state index contributed by atoms with van der Waals surface area (Å²) >= 11 is 0. The summed E-state index contributed by atoms with van der Waals surface area (Å²) in [5.74, 6) is -1.90. The molecule has 0 aliphatic carbocycles. The van der Waals surface area contributed by atoms with Crippen LogP contribution < -0.4 is 10.2 Å². The number of ether oxygens (including phenoxy) is 2. The molecule has 1 aromatic carbocycles. The van der Waals surface area contributed by atoms with Crippen LogP contribution >= 0.6 is 0 Å². The Hall–Kier alpha value is -3.13. The van der Waals surface area contributed by atoms with Crippen LogP contribution in [-0.4, -0.2) is 45.6 Å². The fourth-order valence-electron chi connectivity index (χ4n) is 3.94. The summed E-state index contributed by atoms with van der Waals surface area (Å²) in [5.41, 5.74) is -0.0514. The number of nitrogens with zero attached hydrogens (tertiary/aromatic N) is 2. The van der Waals surface area contributed by atoms with Crippen molar-refractivity contribution in [1.29, 1.82) is 0 Å². The van der Waals surface area contributed by atoms with E-state index in [1.165, 1.54) is 0 Å². The highest BCUT2D eigenvalue weighted by Crippen LogP contribution is 2.34. The topological polar surface area (TPSA) is 98.1 Å². The van der Waals surface area contributed by atoms with Gasteiger partial charge in [0.15, 0.2) is 11.4 Å². The van der Waals surface area contributed by atoms with E-state index >= 15 is 0 Å². The highest BCUT2D eigenvalue weighted by molar-refractivity contribution is 5.98. The molecule has 0 saturated carbocycles. The molecule has 1 unspecified atom stereocenters. The highest BCUT2D eigenvalue weighted by Gasteiger charge is 2.41. The summed E-state index contributed by atoms with van der Waals surface area (Å²) in [6, 6.07) is 8.84. The summed E-state index contributed by atoms with van der Waals surface area (Å²) in [7, 11) is 0. The zero-order valence-corrected chi connectivity index (χ0v) is 16.3. The number of pyridine rings is 1. The van der Waals surface area contributed by atoms with E-state index in [9.17, 15) is 19.5 Å². The molecule has 2 aliphatic rings. The molecule has 8 heteroatoms. The smallest absolute Gasteiger partial charge is 0.341 e. The molecule has 2 aliphatic heterocycles. The number of carbonyl (C=O) groups excluding carboxylic acids is 1. The van der Waals surface area contributed by atoms with Crippen LogP contribution in [0.15, 0.2) is 35.1 Å². The van der Waals surface area contributed by atoms with Crippen molar-refractivity contribution in [2.45, 2.75) is 39.1 Å². The maximum atomic E-state index is 13.3. The van der Waals surface area contributed by atoms with Crippen molar-refractivity contribution >= 4 is 11.9 Å². The number of carboxylic acids is 1. The minimum atomic E-state index is -1.35. The fourth-order valence-corrected chi connectivity index (χ4v) is 3.94. The molecule has 1 aromatic heterocycles. The molecular formula is C21H22N2O6. The maximum Gasteiger partial charge on any atom is 0.341 e. The molecule has 2 aromatic rings. The van der Waals surface area contributed by atoms with Crippen LogP contribution in [0.3, 0.4) is 0 Å². The number of carboxylic acid groups (broad SMARTS) is 1. The third-order valence-electron chi connectivity index (χ3n) is 5.32. The van der Waals surface area contributed by atoms with Gasteiger partial charge in [0, 0.05) is 12.6 Å². The second kappa shape index (κ2) is 7.36. The van der Waals surface area contributed by atoms with Crippen molar-refractivity contribution in [3.05, 3.63) is 63.1 Å². The van der Waals surface area contributed by atoms with E-state index in [1.807, 2.05) is 44.2 Å². The second-order valence-corrected chi connectivity index (χ2v) is 7.50. The molecular weight excluding hydrogens is 376 g/mol. The largest absolute Gasteiger partial charge is 0.483 e. The van der Waals surface area contributed by atoms with Gasteiger partial charge in [0.1, 0.15) is 12.2 Å². The Kier molecular flexibility index (Phi) is 4.87. The van der Waals surface area contributed by atoms with Crippen LogP contribution in [-0.2, 0) is 18.0 Å². The number of amides is 1. The standard InChI is InChI=1S/C21H22N2O6/c1-12(2)22-8-14-10-28-11-15-16(21(26)27)18(24)19(17(20(22)25)23(14)15)29-9-13-6-4-3-5-7-13/h3-7,12,14H,8-11H2,1-2H3,(H,26,27). The zero-order valence-electron chi connectivity index (χ0n) is 16.3. The predicted molar refractivity (Wildman–Crippen MR) is 103 cm³/mol. The zero-order chi connectivity index (χ0) is 20.7. The van der Waals surface area contributed by atoms with E-state index in [2.05, 4.69) is 0 Å². The lowest BCUT2D eigenvalue weighted by atomic mass is 10.0. The number of aromatic carboxylic acids is 1. The van der Waals surface area contributed by atoms with Gasteiger partial charge in [0.25, 0.3) is 5.91 Å². The molecule has 4 rings (SSSR count). The van der Waals surface area contributed by atoms with Gasteiger partial charge in [-0.2, -0.15) is 0 Å². The van der Waals surface area contributed by atoms with Crippen LogP contribution in [0.5, 0.6) is 5.75 Å². The van der Waals surface area contributed by atoms with Gasteiger partial charge in [0.05, 0.1) is 24.9 Å². The van der Waals surface area contributed by atoms with Crippen molar-refractivity contribution in [3.8, 4) is 5.75 Å². The number of carbonyl (C=O) groups is 2. The number of hydrogen-bond acceptors (Lipinski definition) is 5. The quantitative estimate of drug-likeness (QED) is 0.828. The third kappa shape index (κ3) is 3.19. The van der Waals surface area contributed by atoms with Crippen molar-refractivity contribution in [1.82, 2.24) is 9.47 Å². The predicted octanol–water partition coefficient (Wildman–Crippen LogP) is 2.06. The van der Waals surface area contributed by atoms with E-state index in [0.717, 1.165) is 5.56 Å². The number of hydrogen-bond donors (Lipinski definition) is 1. The van der Waals surface area contributed by atoms with Crippen LogP contribution in [0.2, 0.25) is 0 Å². The van der Waals surface area contributed by atoms with Crippen LogP contribution in [0.1, 0.15) is 52.0 Å². The second-order valence-electron chi connectivity index (χ2n) is 7.50. The van der Waals surface area contributed by atoms with Gasteiger partial charge in [-0.25, -0.2) is 4.79 Å². The monoisotopic (exact) mass is 398 g/mol. The summed E-state index contributed by atoms with van der Waals surface area (Å²) < 4.78 is 13.0.